The Kier molecular flexibility index (Phi) is 9.94. The number of thiophene rings is 1. The zero-order valence-corrected chi connectivity index (χ0v) is 22.7. The Bertz CT molecular complexity index is 1160. The molecule has 3 rings (SSSR count). The van der Waals surface area contributed by atoms with Crippen LogP contribution in [0.3, 0.4) is 0 Å². The summed E-state index contributed by atoms with van der Waals surface area (Å²) in [6.07, 6.45) is 1.44. The molecule has 1 aromatic heterocycles. The van der Waals surface area contributed by atoms with Crippen LogP contribution >= 0.6 is 11.3 Å². The van der Waals surface area contributed by atoms with Gasteiger partial charge >= 0.3 is 0 Å². The number of amides is 2. The first-order chi connectivity index (χ1) is 17.3. The van der Waals surface area contributed by atoms with E-state index in [1.165, 1.54) is 4.88 Å². The van der Waals surface area contributed by atoms with Gasteiger partial charge < -0.3 is 19.3 Å². The van der Waals surface area contributed by atoms with Crippen LogP contribution in [-0.2, 0) is 17.8 Å². The van der Waals surface area contributed by atoms with E-state index in [4.69, 9.17) is 9.47 Å². The van der Waals surface area contributed by atoms with Gasteiger partial charge in [-0.3, -0.25) is 9.59 Å². The Labute approximate surface area is 218 Å². The molecule has 0 radical (unpaired) electrons. The zero-order valence-electron chi connectivity index (χ0n) is 21.9. The maximum atomic E-state index is 13.6. The van der Waals surface area contributed by atoms with Gasteiger partial charge in [0.25, 0.3) is 5.91 Å². The van der Waals surface area contributed by atoms with Crippen molar-refractivity contribution in [2.45, 2.75) is 40.2 Å². The summed E-state index contributed by atoms with van der Waals surface area (Å²) in [6.45, 7) is 7.70. The van der Waals surface area contributed by atoms with Crippen molar-refractivity contribution in [3.8, 4) is 11.5 Å². The molecule has 0 unspecified atom stereocenters. The van der Waals surface area contributed by atoms with Crippen LogP contribution in [-0.4, -0.2) is 55.5 Å². The van der Waals surface area contributed by atoms with Crippen molar-refractivity contribution in [2.24, 2.45) is 0 Å². The van der Waals surface area contributed by atoms with E-state index in [0.29, 0.717) is 43.1 Å². The number of benzene rings is 2. The first kappa shape index (κ1) is 27.3. The van der Waals surface area contributed by atoms with Crippen LogP contribution < -0.4 is 9.47 Å². The highest BCUT2D eigenvalue weighted by Gasteiger charge is 2.22. The Morgan fingerprint density at radius 1 is 0.861 bits per heavy atom. The molecule has 0 atom stereocenters. The molecule has 6 nitrogen and oxygen atoms in total. The van der Waals surface area contributed by atoms with E-state index in [0.717, 1.165) is 22.4 Å². The number of nitrogens with zero attached hydrogens (tertiary/aromatic N) is 2. The van der Waals surface area contributed by atoms with Crippen molar-refractivity contribution >= 4 is 23.2 Å². The lowest BCUT2D eigenvalue weighted by atomic mass is 10.1. The van der Waals surface area contributed by atoms with Crippen LogP contribution in [0.25, 0.3) is 0 Å². The standard InChI is InChI=1S/C29H36N2O4S/c1-6-16-31(29(33)24-11-7-21(2)8-12-24)20-28(32)30(19-25-13-9-22(3)36-25)17-15-23-10-14-26(34-4)27(18-23)35-5/h7-14,18H,6,15-17,19-20H2,1-5H3. The highest BCUT2D eigenvalue weighted by Crippen LogP contribution is 2.28. The number of methoxy groups -OCH3 is 2. The molecule has 36 heavy (non-hydrogen) atoms. The van der Waals surface area contributed by atoms with Crippen LogP contribution in [0.15, 0.2) is 54.6 Å². The fraction of sp³-hybridized carbons (Fsp3) is 0.379. The highest BCUT2D eigenvalue weighted by molar-refractivity contribution is 7.11. The number of carbonyl (C=O) groups is 2. The third-order valence-corrected chi connectivity index (χ3v) is 7.00. The van der Waals surface area contributed by atoms with Crippen LogP contribution in [0, 0.1) is 13.8 Å². The smallest absolute Gasteiger partial charge is 0.254 e. The fourth-order valence-electron chi connectivity index (χ4n) is 4.01. The fourth-order valence-corrected chi connectivity index (χ4v) is 4.92. The van der Waals surface area contributed by atoms with Crippen LogP contribution in [0.5, 0.6) is 11.5 Å². The van der Waals surface area contributed by atoms with Gasteiger partial charge in [0.05, 0.1) is 20.8 Å². The molecule has 0 bridgehead atoms. The van der Waals surface area contributed by atoms with E-state index >= 15 is 0 Å². The molecule has 0 saturated heterocycles. The molecule has 3 aromatic rings. The molecule has 0 aliphatic heterocycles. The zero-order chi connectivity index (χ0) is 26.1. The van der Waals surface area contributed by atoms with Crippen LogP contribution in [0.1, 0.15) is 44.6 Å². The summed E-state index contributed by atoms with van der Waals surface area (Å²) in [5, 5.41) is 0. The highest BCUT2D eigenvalue weighted by atomic mass is 32.1. The van der Waals surface area contributed by atoms with Crippen molar-refractivity contribution in [1.29, 1.82) is 0 Å². The maximum Gasteiger partial charge on any atom is 0.254 e. The minimum Gasteiger partial charge on any atom is -0.493 e. The number of hydrogen-bond acceptors (Lipinski definition) is 5. The van der Waals surface area contributed by atoms with Crippen LogP contribution in [0.4, 0.5) is 0 Å². The molecular formula is C29H36N2O4S. The topological polar surface area (TPSA) is 59.1 Å². The van der Waals surface area contributed by atoms with Crippen molar-refractivity contribution in [1.82, 2.24) is 9.80 Å². The number of ether oxygens (including phenoxy) is 2. The summed E-state index contributed by atoms with van der Waals surface area (Å²) in [5.74, 6) is 1.17. The molecule has 192 valence electrons. The van der Waals surface area contributed by atoms with E-state index in [-0.39, 0.29) is 18.4 Å². The molecular weight excluding hydrogens is 472 g/mol. The third kappa shape index (κ3) is 7.34. The number of rotatable bonds is 12. The molecule has 0 aliphatic carbocycles. The molecule has 2 amide bonds. The minimum atomic E-state index is -0.114. The van der Waals surface area contributed by atoms with Gasteiger partial charge in [-0.25, -0.2) is 0 Å². The number of hydrogen-bond donors (Lipinski definition) is 0. The quantitative estimate of drug-likeness (QED) is 0.324. The van der Waals surface area contributed by atoms with Gasteiger partial charge in [-0.05, 0) is 68.7 Å². The molecule has 7 heteroatoms. The second kappa shape index (κ2) is 13.1. The van der Waals surface area contributed by atoms with Gasteiger partial charge in [0, 0.05) is 28.4 Å². The largest absolute Gasteiger partial charge is 0.493 e. The molecule has 0 N–H and O–H groups in total. The van der Waals surface area contributed by atoms with Gasteiger partial charge in [0.2, 0.25) is 5.91 Å². The van der Waals surface area contributed by atoms with Gasteiger partial charge in [-0.15, -0.1) is 11.3 Å². The Morgan fingerprint density at radius 2 is 1.58 bits per heavy atom. The van der Waals surface area contributed by atoms with Crippen molar-refractivity contribution in [3.05, 3.63) is 81.0 Å². The summed E-state index contributed by atoms with van der Waals surface area (Å²) in [4.78, 5) is 32.6. The SMILES string of the molecule is CCCN(CC(=O)N(CCc1ccc(OC)c(OC)c1)Cc1ccc(C)s1)C(=O)c1ccc(C)cc1. The predicted molar refractivity (Wildman–Crippen MR) is 145 cm³/mol. The Morgan fingerprint density at radius 3 is 2.19 bits per heavy atom. The second-order valence-corrected chi connectivity index (χ2v) is 10.2. The van der Waals surface area contributed by atoms with E-state index in [1.807, 2.05) is 61.2 Å². The summed E-state index contributed by atoms with van der Waals surface area (Å²) in [7, 11) is 3.23. The average Bonchev–Trinajstić information content (AvgIpc) is 3.30. The monoisotopic (exact) mass is 508 g/mol. The Hall–Kier alpha value is -3.32. The van der Waals surface area contributed by atoms with Crippen molar-refractivity contribution < 1.29 is 19.1 Å². The van der Waals surface area contributed by atoms with Crippen molar-refractivity contribution in [2.75, 3.05) is 33.9 Å². The van der Waals surface area contributed by atoms with Crippen molar-refractivity contribution in [3.63, 3.8) is 0 Å². The normalized spacial score (nSPS) is 10.7. The molecule has 0 fully saturated rings. The van der Waals surface area contributed by atoms with Gasteiger partial charge in [0.1, 0.15) is 6.54 Å². The number of carbonyl (C=O) groups excluding carboxylic acids is 2. The molecule has 1 heterocycles. The third-order valence-electron chi connectivity index (χ3n) is 6.02. The van der Waals surface area contributed by atoms with E-state index < -0.39 is 0 Å². The number of aryl methyl sites for hydroxylation is 2. The molecule has 0 saturated carbocycles. The summed E-state index contributed by atoms with van der Waals surface area (Å²) >= 11 is 1.69. The average molecular weight is 509 g/mol. The molecule has 2 aromatic carbocycles. The van der Waals surface area contributed by atoms with Crippen LogP contribution in [0.2, 0.25) is 0 Å². The van der Waals surface area contributed by atoms with E-state index in [2.05, 4.69) is 19.1 Å². The summed E-state index contributed by atoms with van der Waals surface area (Å²) < 4.78 is 10.8. The summed E-state index contributed by atoms with van der Waals surface area (Å²) in [5.41, 5.74) is 2.75. The van der Waals surface area contributed by atoms with Gasteiger partial charge in [0.15, 0.2) is 11.5 Å². The predicted octanol–water partition coefficient (Wildman–Crippen LogP) is 5.51. The molecule has 0 aliphatic rings. The molecule has 0 spiro atoms. The minimum absolute atomic E-state index is 0.0524. The van der Waals surface area contributed by atoms with Gasteiger partial charge in [-0.2, -0.15) is 0 Å². The van der Waals surface area contributed by atoms with E-state index in [1.54, 1.807) is 30.5 Å². The lowest BCUT2D eigenvalue weighted by Gasteiger charge is -2.27. The second-order valence-electron chi connectivity index (χ2n) is 8.86. The lowest BCUT2D eigenvalue weighted by Crippen LogP contribution is -2.43. The summed E-state index contributed by atoms with van der Waals surface area (Å²) in [6, 6.07) is 17.5. The van der Waals surface area contributed by atoms with E-state index in [9.17, 15) is 9.59 Å². The Balaban J connectivity index is 1.77. The first-order valence-corrected chi connectivity index (χ1v) is 13.1. The first-order valence-electron chi connectivity index (χ1n) is 12.2. The van der Waals surface area contributed by atoms with Gasteiger partial charge in [-0.1, -0.05) is 30.7 Å². The maximum absolute atomic E-state index is 13.6. The lowest BCUT2D eigenvalue weighted by molar-refractivity contribution is -0.132.